The Hall–Kier alpha value is -0.450. The van der Waals surface area contributed by atoms with Crippen molar-refractivity contribution < 1.29 is 23.2 Å². The van der Waals surface area contributed by atoms with Crippen LogP contribution in [0, 0.1) is 5.92 Å². The molecule has 5 nitrogen and oxygen atoms in total. The maximum Gasteiger partial charge on any atom is 0.472 e. The van der Waals surface area contributed by atoms with Gasteiger partial charge in [-0.25, -0.2) is 4.57 Å². The van der Waals surface area contributed by atoms with Crippen LogP contribution in [0.25, 0.3) is 0 Å². The molecule has 0 spiro atoms. The Kier molecular flexibility index (Phi) is 4.64. The fraction of sp³-hybridized carbons (Fsp3) is 0.692. The van der Waals surface area contributed by atoms with E-state index in [4.69, 9.17) is 13.8 Å². The summed E-state index contributed by atoms with van der Waals surface area (Å²) in [5, 5.41) is 0. The van der Waals surface area contributed by atoms with Crippen molar-refractivity contribution in [1.29, 1.82) is 0 Å². The monoisotopic (exact) mass is 288 g/mol. The van der Waals surface area contributed by atoms with Gasteiger partial charge in [0.25, 0.3) is 0 Å². The van der Waals surface area contributed by atoms with Crippen molar-refractivity contribution in [2.24, 2.45) is 5.92 Å². The molecule has 1 N–H and O–H groups in total. The molecule has 1 aliphatic carbocycles. The molecule has 5 unspecified atom stereocenters. The van der Waals surface area contributed by atoms with Crippen LogP contribution in [0.15, 0.2) is 23.8 Å². The molecule has 0 aromatic rings. The van der Waals surface area contributed by atoms with E-state index in [9.17, 15) is 9.46 Å². The summed E-state index contributed by atoms with van der Waals surface area (Å²) >= 11 is 0. The first-order valence-electron chi connectivity index (χ1n) is 6.55. The molecule has 0 bridgehead atoms. The molecule has 19 heavy (non-hydrogen) atoms. The Morgan fingerprint density at radius 1 is 1.42 bits per heavy atom. The van der Waals surface area contributed by atoms with Crippen LogP contribution in [0.2, 0.25) is 0 Å². The number of allylic oxidation sites excluding steroid dienone is 3. The van der Waals surface area contributed by atoms with Crippen molar-refractivity contribution in [2.45, 2.75) is 45.5 Å². The van der Waals surface area contributed by atoms with Gasteiger partial charge in [0.1, 0.15) is 6.10 Å². The van der Waals surface area contributed by atoms with Crippen LogP contribution in [0.5, 0.6) is 0 Å². The molecule has 5 atom stereocenters. The van der Waals surface area contributed by atoms with Gasteiger partial charge in [-0.1, -0.05) is 25.2 Å². The fourth-order valence-electron chi connectivity index (χ4n) is 2.36. The van der Waals surface area contributed by atoms with Gasteiger partial charge in [0, 0.05) is 5.92 Å². The summed E-state index contributed by atoms with van der Waals surface area (Å²) in [6.07, 6.45) is 5.91. The lowest BCUT2D eigenvalue weighted by Gasteiger charge is -2.22. The molecular weight excluding hydrogens is 267 g/mol. The predicted molar refractivity (Wildman–Crippen MR) is 71.7 cm³/mol. The van der Waals surface area contributed by atoms with E-state index in [1.54, 1.807) is 0 Å². The highest BCUT2D eigenvalue weighted by Crippen LogP contribution is 2.48. The molecule has 0 radical (unpaired) electrons. The average Bonchev–Trinajstić information content (AvgIpc) is 2.92. The standard InChI is InChI=1S/C13H21O5P/c1-9-10(2)17-11(3)13(9)18-19(14,15)16-8-12-6-4-5-7-12/h4-6,9-11,13H,7-8H2,1-3H3,(H,14,15). The molecule has 2 rings (SSSR count). The van der Waals surface area contributed by atoms with Crippen molar-refractivity contribution >= 4 is 7.82 Å². The Morgan fingerprint density at radius 3 is 2.68 bits per heavy atom. The van der Waals surface area contributed by atoms with E-state index in [1.807, 2.05) is 39.0 Å². The van der Waals surface area contributed by atoms with Gasteiger partial charge in [-0.15, -0.1) is 0 Å². The summed E-state index contributed by atoms with van der Waals surface area (Å²) in [6, 6.07) is 0. The zero-order chi connectivity index (χ0) is 14.0. The fourth-order valence-corrected chi connectivity index (χ4v) is 3.42. The third-order valence-corrected chi connectivity index (χ3v) is 4.63. The van der Waals surface area contributed by atoms with Gasteiger partial charge in [-0.2, -0.15) is 0 Å². The van der Waals surface area contributed by atoms with Gasteiger partial charge in [0.2, 0.25) is 0 Å². The largest absolute Gasteiger partial charge is 0.472 e. The normalized spacial score (nSPS) is 37.4. The molecule has 6 heteroatoms. The highest BCUT2D eigenvalue weighted by Gasteiger charge is 2.42. The lowest BCUT2D eigenvalue weighted by molar-refractivity contribution is 0.0230. The van der Waals surface area contributed by atoms with Crippen LogP contribution in [0.1, 0.15) is 27.2 Å². The van der Waals surface area contributed by atoms with Crippen molar-refractivity contribution in [3.8, 4) is 0 Å². The Balaban J connectivity index is 1.87. The quantitative estimate of drug-likeness (QED) is 0.788. The minimum absolute atomic E-state index is 0.0155. The van der Waals surface area contributed by atoms with Crippen LogP contribution in [0.4, 0.5) is 0 Å². The maximum atomic E-state index is 11.9. The van der Waals surface area contributed by atoms with E-state index in [0.717, 1.165) is 12.0 Å². The van der Waals surface area contributed by atoms with Crippen molar-refractivity contribution in [1.82, 2.24) is 0 Å². The number of phosphoric ester groups is 1. The van der Waals surface area contributed by atoms with E-state index >= 15 is 0 Å². The van der Waals surface area contributed by atoms with Crippen LogP contribution in [-0.2, 0) is 18.3 Å². The molecule has 0 saturated carbocycles. The zero-order valence-electron chi connectivity index (χ0n) is 11.5. The second-order valence-corrected chi connectivity index (χ2v) is 6.58. The predicted octanol–water partition coefficient (Wildman–Crippen LogP) is 2.82. The van der Waals surface area contributed by atoms with E-state index < -0.39 is 13.9 Å². The molecule has 1 aliphatic heterocycles. The molecule has 108 valence electrons. The summed E-state index contributed by atoms with van der Waals surface area (Å²) in [4.78, 5) is 9.76. The summed E-state index contributed by atoms with van der Waals surface area (Å²) in [6.45, 7) is 5.84. The minimum atomic E-state index is -4.04. The summed E-state index contributed by atoms with van der Waals surface area (Å²) in [7, 11) is -4.04. The van der Waals surface area contributed by atoms with Crippen LogP contribution < -0.4 is 0 Å². The van der Waals surface area contributed by atoms with Crippen molar-refractivity contribution in [3.63, 3.8) is 0 Å². The Bertz CT molecular complexity index is 431. The number of phosphoric acid groups is 1. The third-order valence-electron chi connectivity index (χ3n) is 3.67. The second kappa shape index (κ2) is 5.90. The Morgan fingerprint density at radius 2 is 2.16 bits per heavy atom. The summed E-state index contributed by atoms with van der Waals surface area (Å²) < 4.78 is 27.8. The molecule has 1 heterocycles. The summed E-state index contributed by atoms with van der Waals surface area (Å²) in [5.74, 6) is 0.0615. The first kappa shape index (κ1) is 14.9. The average molecular weight is 288 g/mol. The molecule has 0 aromatic heterocycles. The second-order valence-electron chi connectivity index (χ2n) is 5.17. The molecular formula is C13H21O5P. The smallest absolute Gasteiger partial charge is 0.372 e. The number of hydrogen-bond donors (Lipinski definition) is 1. The van der Waals surface area contributed by atoms with Crippen molar-refractivity contribution in [2.75, 3.05) is 6.61 Å². The van der Waals surface area contributed by atoms with E-state index in [1.165, 1.54) is 0 Å². The van der Waals surface area contributed by atoms with Gasteiger partial charge < -0.3 is 9.63 Å². The SMILES string of the molecule is CC1OC(C)C(OP(=O)(O)OCC2=CC=CC2)C1C. The number of hydrogen-bond acceptors (Lipinski definition) is 4. The molecule has 0 aromatic carbocycles. The van der Waals surface area contributed by atoms with Gasteiger partial charge >= 0.3 is 7.82 Å². The molecule has 1 fully saturated rings. The van der Waals surface area contributed by atoms with E-state index in [0.29, 0.717) is 0 Å². The van der Waals surface area contributed by atoms with Crippen LogP contribution in [-0.4, -0.2) is 29.8 Å². The lowest BCUT2D eigenvalue weighted by atomic mass is 10.0. The maximum absolute atomic E-state index is 11.9. The van der Waals surface area contributed by atoms with E-state index in [-0.39, 0.29) is 24.7 Å². The van der Waals surface area contributed by atoms with E-state index in [2.05, 4.69) is 0 Å². The first-order valence-corrected chi connectivity index (χ1v) is 8.04. The van der Waals surface area contributed by atoms with Gasteiger partial charge in [0.15, 0.2) is 0 Å². The Labute approximate surface area is 113 Å². The molecule has 2 aliphatic rings. The van der Waals surface area contributed by atoms with Crippen molar-refractivity contribution in [3.05, 3.63) is 23.8 Å². The summed E-state index contributed by atoms with van der Waals surface area (Å²) in [5.41, 5.74) is 0.968. The first-order chi connectivity index (χ1) is 8.89. The highest BCUT2D eigenvalue weighted by atomic mass is 31.2. The highest BCUT2D eigenvalue weighted by molar-refractivity contribution is 7.47. The third kappa shape index (κ3) is 3.77. The zero-order valence-corrected chi connectivity index (χ0v) is 12.4. The van der Waals surface area contributed by atoms with Gasteiger partial charge in [0.05, 0.1) is 18.8 Å². The van der Waals surface area contributed by atoms with Crippen LogP contribution in [0.3, 0.4) is 0 Å². The number of rotatable bonds is 5. The van der Waals surface area contributed by atoms with Gasteiger partial charge in [-0.05, 0) is 25.8 Å². The van der Waals surface area contributed by atoms with Gasteiger partial charge in [-0.3, -0.25) is 9.05 Å². The molecule has 1 saturated heterocycles. The molecule has 0 amide bonds. The van der Waals surface area contributed by atoms with Crippen LogP contribution >= 0.6 is 7.82 Å². The lowest BCUT2D eigenvalue weighted by Crippen LogP contribution is -2.26. The topological polar surface area (TPSA) is 65.0 Å². The minimum Gasteiger partial charge on any atom is -0.372 e. The number of ether oxygens (including phenoxy) is 1.